The molecule has 1 fully saturated rings. The van der Waals surface area contributed by atoms with Crippen LogP contribution in [-0.4, -0.2) is 57.7 Å². The third kappa shape index (κ3) is 8.19. The highest BCUT2D eigenvalue weighted by atomic mass is 127. The molecule has 1 saturated heterocycles. The molecule has 2 rings (SSSR count). The maximum atomic E-state index is 5.68. The zero-order valence-corrected chi connectivity index (χ0v) is 17.2. The molecular weight excluding hydrogens is 415 g/mol. The molecule has 1 aromatic rings. The summed E-state index contributed by atoms with van der Waals surface area (Å²) in [5.41, 5.74) is 0. The number of ether oxygens (including phenoxy) is 1. The van der Waals surface area contributed by atoms with Gasteiger partial charge in [0.05, 0.1) is 6.61 Å². The normalized spacial score (nSPS) is 18.6. The first-order valence-electron chi connectivity index (χ1n) is 8.59. The van der Waals surface area contributed by atoms with E-state index in [2.05, 4.69) is 27.6 Å². The van der Waals surface area contributed by atoms with E-state index in [0.29, 0.717) is 12.5 Å². The van der Waals surface area contributed by atoms with Crippen LogP contribution in [0.25, 0.3) is 0 Å². The van der Waals surface area contributed by atoms with Gasteiger partial charge in [-0.1, -0.05) is 18.2 Å². The lowest BCUT2D eigenvalue weighted by atomic mass is 9.99. The van der Waals surface area contributed by atoms with Gasteiger partial charge < -0.3 is 20.3 Å². The highest BCUT2D eigenvalue weighted by Crippen LogP contribution is 2.13. The van der Waals surface area contributed by atoms with Crippen molar-refractivity contribution in [2.75, 3.05) is 46.9 Å². The summed E-state index contributed by atoms with van der Waals surface area (Å²) in [5.74, 6) is 2.53. The molecule has 6 heteroatoms. The lowest BCUT2D eigenvalue weighted by molar-refractivity contribution is 0.210. The van der Waals surface area contributed by atoms with Crippen LogP contribution in [0.3, 0.4) is 0 Å². The molecule has 0 aromatic heterocycles. The molecule has 1 unspecified atom stereocenters. The van der Waals surface area contributed by atoms with E-state index in [-0.39, 0.29) is 24.0 Å². The predicted molar refractivity (Wildman–Crippen MR) is 112 cm³/mol. The largest absolute Gasteiger partial charge is 0.494 e. The Morgan fingerprint density at radius 3 is 2.79 bits per heavy atom. The lowest BCUT2D eigenvalue weighted by Gasteiger charge is -2.30. The van der Waals surface area contributed by atoms with Gasteiger partial charge in [-0.15, -0.1) is 24.0 Å². The molecule has 1 atom stereocenters. The number of likely N-dealkylation sites (tertiary alicyclic amines) is 1. The maximum Gasteiger partial charge on any atom is 0.190 e. The topological polar surface area (TPSA) is 48.9 Å². The van der Waals surface area contributed by atoms with E-state index in [1.807, 2.05) is 37.4 Å². The fourth-order valence-electron chi connectivity index (χ4n) is 2.89. The second kappa shape index (κ2) is 12.4. The Bertz CT molecular complexity index is 469. The third-order valence-electron chi connectivity index (χ3n) is 4.13. The van der Waals surface area contributed by atoms with E-state index in [1.54, 1.807) is 0 Å². The standard InChI is InChI=1S/C18H30N4O.HI/c1-19-18(21-14-16-8-6-12-22(2)15-16)20-11-7-13-23-17-9-4-3-5-10-17;/h3-5,9-10,16H,6-8,11-15H2,1-2H3,(H2,19,20,21);1H. The van der Waals surface area contributed by atoms with Crippen molar-refractivity contribution in [3.63, 3.8) is 0 Å². The van der Waals surface area contributed by atoms with Crippen molar-refractivity contribution in [2.24, 2.45) is 10.9 Å². The fraction of sp³-hybridized carbons (Fsp3) is 0.611. The van der Waals surface area contributed by atoms with Gasteiger partial charge in [0.25, 0.3) is 0 Å². The summed E-state index contributed by atoms with van der Waals surface area (Å²) < 4.78 is 5.68. The van der Waals surface area contributed by atoms with Crippen LogP contribution in [0.1, 0.15) is 19.3 Å². The lowest BCUT2D eigenvalue weighted by Crippen LogP contribution is -2.43. The summed E-state index contributed by atoms with van der Waals surface area (Å²) in [4.78, 5) is 6.70. The Labute approximate surface area is 163 Å². The summed E-state index contributed by atoms with van der Waals surface area (Å²) in [5, 5.41) is 6.79. The first-order valence-corrected chi connectivity index (χ1v) is 8.59. The molecule has 2 N–H and O–H groups in total. The summed E-state index contributed by atoms with van der Waals surface area (Å²) in [6.07, 6.45) is 3.55. The minimum atomic E-state index is 0. The van der Waals surface area contributed by atoms with E-state index < -0.39 is 0 Å². The van der Waals surface area contributed by atoms with Crippen molar-refractivity contribution in [2.45, 2.75) is 19.3 Å². The van der Waals surface area contributed by atoms with Crippen molar-refractivity contribution >= 4 is 29.9 Å². The molecule has 1 aliphatic heterocycles. The zero-order chi connectivity index (χ0) is 16.3. The quantitative estimate of drug-likeness (QED) is 0.293. The minimum absolute atomic E-state index is 0. The molecule has 1 heterocycles. The summed E-state index contributed by atoms with van der Waals surface area (Å²) >= 11 is 0. The van der Waals surface area contributed by atoms with Crippen LogP contribution in [0.2, 0.25) is 0 Å². The van der Waals surface area contributed by atoms with Gasteiger partial charge in [-0.25, -0.2) is 0 Å². The van der Waals surface area contributed by atoms with Gasteiger partial charge in [0, 0.05) is 26.7 Å². The Hall–Kier alpha value is -1.02. The van der Waals surface area contributed by atoms with Crippen molar-refractivity contribution in [3.8, 4) is 5.75 Å². The number of rotatable bonds is 7. The number of hydrogen-bond donors (Lipinski definition) is 2. The summed E-state index contributed by atoms with van der Waals surface area (Å²) in [6.45, 7) is 4.96. The molecule has 136 valence electrons. The second-order valence-electron chi connectivity index (χ2n) is 6.17. The Morgan fingerprint density at radius 2 is 2.08 bits per heavy atom. The number of guanidine groups is 1. The van der Waals surface area contributed by atoms with Crippen molar-refractivity contribution in [1.29, 1.82) is 0 Å². The SMILES string of the molecule is CN=C(NCCCOc1ccccc1)NCC1CCCN(C)C1.I. The van der Waals surface area contributed by atoms with E-state index in [4.69, 9.17) is 4.74 Å². The Balaban J connectivity index is 0.00000288. The van der Waals surface area contributed by atoms with Crippen LogP contribution in [0.5, 0.6) is 5.75 Å². The van der Waals surface area contributed by atoms with E-state index in [0.717, 1.165) is 31.2 Å². The van der Waals surface area contributed by atoms with Crippen LogP contribution in [0.15, 0.2) is 35.3 Å². The van der Waals surface area contributed by atoms with Gasteiger partial charge in [-0.3, -0.25) is 4.99 Å². The fourth-order valence-corrected chi connectivity index (χ4v) is 2.89. The minimum Gasteiger partial charge on any atom is -0.494 e. The number of halogens is 1. The summed E-state index contributed by atoms with van der Waals surface area (Å²) in [7, 11) is 4.02. The molecule has 0 radical (unpaired) electrons. The van der Waals surface area contributed by atoms with Crippen molar-refractivity contribution < 1.29 is 4.74 Å². The molecule has 0 saturated carbocycles. The summed E-state index contributed by atoms with van der Waals surface area (Å²) in [6, 6.07) is 9.93. The second-order valence-corrected chi connectivity index (χ2v) is 6.17. The smallest absolute Gasteiger partial charge is 0.190 e. The Kier molecular flexibility index (Phi) is 10.8. The van der Waals surface area contributed by atoms with Crippen molar-refractivity contribution in [3.05, 3.63) is 30.3 Å². The molecule has 1 aromatic carbocycles. The molecule has 0 aliphatic carbocycles. The molecule has 24 heavy (non-hydrogen) atoms. The van der Waals surface area contributed by atoms with Crippen LogP contribution < -0.4 is 15.4 Å². The first-order chi connectivity index (χ1) is 11.3. The number of para-hydroxylation sites is 1. The first kappa shape index (κ1) is 21.0. The maximum absolute atomic E-state index is 5.68. The Morgan fingerprint density at radius 1 is 1.29 bits per heavy atom. The van der Waals surface area contributed by atoms with Crippen LogP contribution >= 0.6 is 24.0 Å². The number of nitrogens with zero attached hydrogens (tertiary/aromatic N) is 2. The number of nitrogens with one attached hydrogen (secondary N) is 2. The molecule has 0 bridgehead atoms. The van der Waals surface area contributed by atoms with E-state index >= 15 is 0 Å². The van der Waals surface area contributed by atoms with Crippen LogP contribution in [-0.2, 0) is 0 Å². The molecule has 5 nitrogen and oxygen atoms in total. The highest BCUT2D eigenvalue weighted by Gasteiger charge is 2.17. The van der Waals surface area contributed by atoms with Crippen LogP contribution in [0, 0.1) is 5.92 Å². The predicted octanol–water partition coefficient (Wildman–Crippen LogP) is 2.58. The molecular formula is C18H31IN4O. The molecule has 0 amide bonds. The third-order valence-corrected chi connectivity index (χ3v) is 4.13. The van der Waals surface area contributed by atoms with Gasteiger partial charge in [0.2, 0.25) is 0 Å². The number of piperidine rings is 1. The van der Waals surface area contributed by atoms with Gasteiger partial charge in [-0.2, -0.15) is 0 Å². The zero-order valence-electron chi connectivity index (χ0n) is 14.8. The average molecular weight is 446 g/mol. The van der Waals surface area contributed by atoms with E-state index in [9.17, 15) is 0 Å². The van der Waals surface area contributed by atoms with Gasteiger partial charge >= 0.3 is 0 Å². The molecule has 0 spiro atoms. The number of aliphatic imine (C=N–C) groups is 1. The number of benzene rings is 1. The van der Waals surface area contributed by atoms with Crippen LogP contribution in [0.4, 0.5) is 0 Å². The number of hydrogen-bond acceptors (Lipinski definition) is 3. The van der Waals surface area contributed by atoms with E-state index in [1.165, 1.54) is 25.9 Å². The van der Waals surface area contributed by atoms with Crippen molar-refractivity contribution in [1.82, 2.24) is 15.5 Å². The molecule has 1 aliphatic rings. The van der Waals surface area contributed by atoms with Gasteiger partial charge in [0.1, 0.15) is 5.75 Å². The monoisotopic (exact) mass is 446 g/mol. The average Bonchev–Trinajstić information content (AvgIpc) is 2.58. The van der Waals surface area contributed by atoms with Gasteiger partial charge in [0.15, 0.2) is 5.96 Å². The van der Waals surface area contributed by atoms with Gasteiger partial charge in [-0.05, 0) is 50.9 Å². The highest BCUT2D eigenvalue weighted by molar-refractivity contribution is 14.0.